The maximum atomic E-state index is 6.24. The standard InChI is InChI=1S/C17H18N2O/c1-2-12-7-9-13(10-8-12)14(18)11-17-19-15-5-3-4-6-16(15)20-17/h3-10,14H,2,11,18H2,1H3. The minimum Gasteiger partial charge on any atom is -0.441 e. The number of rotatable bonds is 4. The molecule has 0 radical (unpaired) electrons. The molecule has 0 amide bonds. The number of aryl methyl sites for hydroxylation is 1. The van der Waals surface area contributed by atoms with E-state index in [9.17, 15) is 0 Å². The molecule has 3 nitrogen and oxygen atoms in total. The van der Waals surface area contributed by atoms with Gasteiger partial charge in [-0.15, -0.1) is 0 Å². The number of benzene rings is 2. The molecule has 0 fully saturated rings. The van der Waals surface area contributed by atoms with Gasteiger partial charge in [0.1, 0.15) is 5.52 Å². The van der Waals surface area contributed by atoms with E-state index in [4.69, 9.17) is 10.2 Å². The Morgan fingerprint density at radius 2 is 1.85 bits per heavy atom. The van der Waals surface area contributed by atoms with E-state index in [0.29, 0.717) is 12.3 Å². The number of fused-ring (bicyclic) bond motifs is 1. The van der Waals surface area contributed by atoms with Crippen molar-refractivity contribution in [3.05, 3.63) is 65.5 Å². The van der Waals surface area contributed by atoms with E-state index in [0.717, 1.165) is 23.1 Å². The molecule has 1 heterocycles. The molecule has 0 bridgehead atoms. The fourth-order valence-corrected chi connectivity index (χ4v) is 2.31. The van der Waals surface area contributed by atoms with E-state index in [1.807, 2.05) is 24.3 Å². The smallest absolute Gasteiger partial charge is 0.197 e. The number of nitrogens with two attached hydrogens (primary N) is 1. The maximum absolute atomic E-state index is 6.24. The van der Waals surface area contributed by atoms with Crippen molar-refractivity contribution in [2.45, 2.75) is 25.8 Å². The first-order chi connectivity index (χ1) is 9.76. The van der Waals surface area contributed by atoms with Crippen molar-refractivity contribution >= 4 is 11.1 Å². The zero-order valence-corrected chi connectivity index (χ0v) is 11.5. The van der Waals surface area contributed by atoms with Gasteiger partial charge in [-0.25, -0.2) is 4.98 Å². The lowest BCUT2D eigenvalue weighted by atomic mass is 10.0. The van der Waals surface area contributed by atoms with Crippen LogP contribution >= 0.6 is 0 Å². The van der Waals surface area contributed by atoms with Crippen molar-refractivity contribution in [1.82, 2.24) is 4.98 Å². The average molecular weight is 266 g/mol. The molecule has 3 rings (SSSR count). The summed E-state index contributed by atoms with van der Waals surface area (Å²) in [7, 11) is 0. The first kappa shape index (κ1) is 12.9. The lowest BCUT2D eigenvalue weighted by Crippen LogP contribution is -2.13. The molecule has 3 heteroatoms. The summed E-state index contributed by atoms with van der Waals surface area (Å²) in [5.41, 5.74) is 10.4. The highest BCUT2D eigenvalue weighted by molar-refractivity contribution is 5.72. The Morgan fingerprint density at radius 3 is 2.55 bits per heavy atom. The molecular weight excluding hydrogens is 248 g/mol. The van der Waals surface area contributed by atoms with Gasteiger partial charge in [0.25, 0.3) is 0 Å². The van der Waals surface area contributed by atoms with Crippen molar-refractivity contribution in [2.75, 3.05) is 0 Å². The molecule has 0 aliphatic rings. The number of oxazole rings is 1. The molecule has 1 aromatic heterocycles. The molecule has 3 aromatic rings. The van der Waals surface area contributed by atoms with Gasteiger partial charge in [-0.1, -0.05) is 43.3 Å². The molecule has 1 atom stereocenters. The topological polar surface area (TPSA) is 52.0 Å². The normalized spacial score (nSPS) is 12.7. The first-order valence-electron chi connectivity index (χ1n) is 6.95. The fraction of sp³-hybridized carbons (Fsp3) is 0.235. The van der Waals surface area contributed by atoms with Gasteiger partial charge >= 0.3 is 0 Å². The van der Waals surface area contributed by atoms with Crippen LogP contribution in [0, 0.1) is 0 Å². The first-order valence-corrected chi connectivity index (χ1v) is 6.95. The Bertz CT molecular complexity index is 667. The van der Waals surface area contributed by atoms with Crippen LogP contribution in [0.2, 0.25) is 0 Å². The van der Waals surface area contributed by atoms with E-state index in [2.05, 4.69) is 36.2 Å². The van der Waals surface area contributed by atoms with Crippen molar-refractivity contribution in [1.29, 1.82) is 0 Å². The average Bonchev–Trinajstić information content (AvgIpc) is 2.89. The summed E-state index contributed by atoms with van der Waals surface area (Å²) in [5.74, 6) is 0.693. The Labute approximate surface area is 118 Å². The Morgan fingerprint density at radius 1 is 1.10 bits per heavy atom. The second kappa shape index (κ2) is 5.47. The highest BCUT2D eigenvalue weighted by Gasteiger charge is 2.12. The van der Waals surface area contributed by atoms with Crippen LogP contribution in [0.25, 0.3) is 11.1 Å². The highest BCUT2D eigenvalue weighted by atomic mass is 16.3. The molecule has 0 aliphatic heterocycles. The van der Waals surface area contributed by atoms with Crippen molar-refractivity contribution in [3.8, 4) is 0 Å². The minimum atomic E-state index is -0.0889. The van der Waals surface area contributed by atoms with Gasteiger partial charge in [0.15, 0.2) is 11.5 Å². The van der Waals surface area contributed by atoms with E-state index in [1.165, 1.54) is 5.56 Å². The van der Waals surface area contributed by atoms with Gasteiger partial charge in [0, 0.05) is 12.5 Å². The summed E-state index contributed by atoms with van der Waals surface area (Å²) >= 11 is 0. The predicted octanol–water partition coefficient (Wildman–Crippen LogP) is 3.63. The van der Waals surface area contributed by atoms with Gasteiger partial charge in [-0.2, -0.15) is 0 Å². The van der Waals surface area contributed by atoms with Crippen LogP contribution in [0.3, 0.4) is 0 Å². The summed E-state index contributed by atoms with van der Waals surface area (Å²) in [6, 6.07) is 16.1. The predicted molar refractivity (Wildman–Crippen MR) is 80.5 cm³/mol. The van der Waals surface area contributed by atoms with Crippen LogP contribution < -0.4 is 5.73 Å². The number of aromatic nitrogens is 1. The Kier molecular flexibility index (Phi) is 3.52. The fourth-order valence-electron chi connectivity index (χ4n) is 2.31. The SMILES string of the molecule is CCc1ccc(C(N)Cc2nc3ccccc3o2)cc1. The molecular formula is C17H18N2O. The van der Waals surface area contributed by atoms with E-state index < -0.39 is 0 Å². The zero-order valence-electron chi connectivity index (χ0n) is 11.5. The van der Waals surface area contributed by atoms with Gasteiger partial charge < -0.3 is 10.2 Å². The van der Waals surface area contributed by atoms with Crippen molar-refractivity contribution in [2.24, 2.45) is 5.73 Å². The summed E-state index contributed by atoms with van der Waals surface area (Å²) in [4.78, 5) is 4.47. The molecule has 102 valence electrons. The summed E-state index contributed by atoms with van der Waals surface area (Å²) in [5, 5.41) is 0. The van der Waals surface area contributed by atoms with E-state index in [1.54, 1.807) is 0 Å². The molecule has 0 spiro atoms. The third kappa shape index (κ3) is 2.58. The third-order valence-electron chi connectivity index (χ3n) is 3.55. The van der Waals surface area contributed by atoms with E-state index >= 15 is 0 Å². The summed E-state index contributed by atoms with van der Waals surface area (Å²) in [6.45, 7) is 2.15. The van der Waals surface area contributed by atoms with Crippen molar-refractivity contribution in [3.63, 3.8) is 0 Å². The van der Waals surface area contributed by atoms with Crippen LogP contribution in [-0.4, -0.2) is 4.98 Å². The number of nitrogens with zero attached hydrogens (tertiary/aromatic N) is 1. The van der Waals surface area contributed by atoms with Crippen LogP contribution in [0.1, 0.15) is 30.0 Å². The molecule has 1 unspecified atom stereocenters. The van der Waals surface area contributed by atoms with Gasteiger partial charge in [0.05, 0.1) is 0 Å². The third-order valence-corrected chi connectivity index (χ3v) is 3.55. The van der Waals surface area contributed by atoms with Crippen molar-refractivity contribution < 1.29 is 4.42 Å². The molecule has 2 N–H and O–H groups in total. The number of para-hydroxylation sites is 2. The number of hydrogen-bond acceptors (Lipinski definition) is 3. The van der Waals surface area contributed by atoms with Crippen LogP contribution in [0.5, 0.6) is 0 Å². The second-order valence-electron chi connectivity index (χ2n) is 4.98. The minimum absolute atomic E-state index is 0.0889. The Balaban J connectivity index is 1.78. The zero-order chi connectivity index (χ0) is 13.9. The van der Waals surface area contributed by atoms with E-state index in [-0.39, 0.29) is 6.04 Å². The molecule has 20 heavy (non-hydrogen) atoms. The summed E-state index contributed by atoms with van der Waals surface area (Å²) < 4.78 is 5.71. The lowest BCUT2D eigenvalue weighted by Gasteiger charge is -2.10. The summed E-state index contributed by atoms with van der Waals surface area (Å²) in [6.07, 6.45) is 1.65. The van der Waals surface area contributed by atoms with Gasteiger partial charge in [-0.05, 0) is 29.7 Å². The monoisotopic (exact) mass is 266 g/mol. The quantitative estimate of drug-likeness (QED) is 0.784. The van der Waals surface area contributed by atoms with Crippen LogP contribution in [-0.2, 0) is 12.8 Å². The number of hydrogen-bond donors (Lipinski definition) is 1. The molecule has 0 saturated heterocycles. The highest BCUT2D eigenvalue weighted by Crippen LogP contribution is 2.20. The maximum Gasteiger partial charge on any atom is 0.197 e. The van der Waals surface area contributed by atoms with Gasteiger partial charge in [0.2, 0.25) is 0 Å². The van der Waals surface area contributed by atoms with Gasteiger partial charge in [-0.3, -0.25) is 0 Å². The molecule has 0 aliphatic carbocycles. The lowest BCUT2D eigenvalue weighted by molar-refractivity contribution is 0.502. The van der Waals surface area contributed by atoms with Crippen LogP contribution in [0.4, 0.5) is 0 Å². The molecule has 2 aromatic carbocycles. The van der Waals surface area contributed by atoms with Crippen LogP contribution in [0.15, 0.2) is 52.9 Å². The molecule has 0 saturated carbocycles. The second-order valence-corrected chi connectivity index (χ2v) is 4.98. The largest absolute Gasteiger partial charge is 0.441 e. The Hall–Kier alpha value is -2.13.